The third-order valence-corrected chi connectivity index (χ3v) is 4.32. The molecule has 0 radical (unpaired) electrons. The number of methoxy groups -OCH3 is 1. The molecule has 3 nitrogen and oxygen atoms in total. The van der Waals surface area contributed by atoms with Crippen LogP contribution in [0.2, 0.25) is 0 Å². The van der Waals surface area contributed by atoms with Crippen molar-refractivity contribution in [1.29, 1.82) is 0 Å². The molecule has 0 aromatic heterocycles. The summed E-state index contributed by atoms with van der Waals surface area (Å²) in [4.78, 5) is 0. The highest BCUT2D eigenvalue weighted by Crippen LogP contribution is 2.42. The molecule has 0 atom stereocenters. The van der Waals surface area contributed by atoms with E-state index in [2.05, 4.69) is 19.3 Å². The maximum Gasteiger partial charge on any atom is 0.147 e. The molecule has 1 aromatic carbocycles. The number of hydrogen-bond donors (Lipinski definition) is 2. The Kier molecular flexibility index (Phi) is 5.30. The number of rotatable bonds is 6. The second-order valence-corrected chi connectivity index (χ2v) is 5.64. The van der Waals surface area contributed by atoms with Crippen LogP contribution in [0.25, 0.3) is 0 Å². The first-order valence-corrected chi connectivity index (χ1v) is 7.91. The van der Waals surface area contributed by atoms with E-state index in [0.717, 1.165) is 50.0 Å². The van der Waals surface area contributed by atoms with Crippen LogP contribution in [0, 0.1) is 0 Å². The molecular weight excluding hydrogens is 250 g/mol. The van der Waals surface area contributed by atoms with E-state index in [9.17, 15) is 5.21 Å². The Hall–Kier alpha value is -1.22. The average Bonchev–Trinajstić information content (AvgIpc) is 2.49. The fourth-order valence-corrected chi connectivity index (χ4v) is 3.53. The minimum atomic E-state index is 0.804. The molecule has 0 saturated carbocycles. The quantitative estimate of drug-likeness (QED) is 0.763. The lowest BCUT2D eigenvalue weighted by Gasteiger charge is -2.27. The Bertz CT molecular complexity index is 444. The molecule has 0 heterocycles. The van der Waals surface area contributed by atoms with Gasteiger partial charge in [0.15, 0.2) is 0 Å². The highest BCUT2D eigenvalue weighted by Gasteiger charge is 2.25. The predicted octanol–water partition coefficient (Wildman–Crippen LogP) is 4.28. The minimum Gasteiger partial charge on any atom is -0.494 e. The van der Waals surface area contributed by atoms with Gasteiger partial charge in [0.05, 0.1) is 7.11 Å². The molecule has 20 heavy (non-hydrogen) atoms. The van der Waals surface area contributed by atoms with Gasteiger partial charge in [0, 0.05) is 0 Å². The number of anilines is 1. The topological polar surface area (TPSA) is 41.5 Å². The molecule has 0 unspecified atom stereocenters. The molecule has 1 aliphatic carbocycles. The van der Waals surface area contributed by atoms with Crippen LogP contribution in [0.3, 0.4) is 0 Å². The summed E-state index contributed by atoms with van der Waals surface area (Å²) in [7, 11) is 1.71. The van der Waals surface area contributed by atoms with Crippen molar-refractivity contribution < 1.29 is 9.94 Å². The summed E-state index contributed by atoms with van der Waals surface area (Å²) < 4.78 is 5.63. The van der Waals surface area contributed by atoms with Gasteiger partial charge in [-0.25, -0.2) is 0 Å². The number of nitrogens with one attached hydrogen (secondary N) is 1. The van der Waals surface area contributed by atoms with E-state index in [-0.39, 0.29) is 0 Å². The first-order chi connectivity index (χ1) is 9.78. The Morgan fingerprint density at radius 1 is 1.00 bits per heavy atom. The monoisotopic (exact) mass is 277 g/mol. The van der Waals surface area contributed by atoms with Crippen LogP contribution in [0.15, 0.2) is 0 Å². The lowest BCUT2D eigenvalue weighted by molar-refractivity contribution is 0.369. The molecule has 0 spiro atoms. The van der Waals surface area contributed by atoms with Gasteiger partial charge in [-0.15, -0.1) is 0 Å². The maximum absolute atomic E-state index is 9.62. The van der Waals surface area contributed by atoms with Crippen LogP contribution in [0.4, 0.5) is 5.69 Å². The molecule has 1 aliphatic rings. The predicted molar refractivity (Wildman–Crippen MR) is 83.0 cm³/mol. The van der Waals surface area contributed by atoms with Crippen molar-refractivity contribution in [2.24, 2.45) is 0 Å². The van der Waals surface area contributed by atoms with Gasteiger partial charge >= 0.3 is 0 Å². The average molecular weight is 277 g/mol. The van der Waals surface area contributed by atoms with Crippen LogP contribution >= 0.6 is 0 Å². The zero-order valence-corrected chi connectivity index (χ0v) is 13.0. The molecule has 0 amide bonds. The van der Waals surface area contributed by atoms with Gasteiger partial charge in [0.1, 0.15) is 11.4 Å². The molecule has 3 heteroatoms. The highest BCUT2D eigenvalue weighted by atomic mass is 16.5. The Balaban J connectivity index is 2.68. The first kappa shape index (κ1) is 15.2. The van der Waals surface area contributed by atoms with E-state index >= 15 is 0 Å². The third kappa shape index (κ3) is 2.64. The second kappa shape index (κ2) is 6.98. The molecule has 0 saturated heterocycles. The van der Waals surface area contributed by atoms with Crippen molar-refractivity contribution in [1.82, 2.24) is 0 Å². The summed E-state index contributed by atoms with van der Waals surface area (Å²) in [5.74, 6) is 0.866. The van der Waals surface area contributed by atoms with E-state index in [1.807, 2.05) is 0 Å². The van der Waals surface area contributed by atoms with Crippen LogP contribution in [-0.4, -0.2) is 12.3 Å². The van der Waals surface area contributed by atoms with E-state index in [0.29, 0.717) is 0 Å². The molecule has 0 fully saturated rings. The summed E-state index contributed by atoms with van der Waals surface area (Å²) in [5.41, 5.74) is 8.76. The highest BCUT2D eigenvalue weighted by molar-refractivity contribution is 5.70. The molecule has 2 rings (SSSR count). The Labute approximate surface area is 122 Å². The largest absolute Gasteiger partial charge is 0.494 e. The van der Waals surface area contributed by atoms with Crippen molar-refractivity contribution in [2.75, 3.05) is 12.6 Å². The third-order valence-electron chi connectivity index (χ3n) is 4.32. The molecule has 112 valence electrons. The van der Waals surface area contributed by atoms with Gasteiger partial charge in [0.2, 0.25) is 0 Å². The summed E-state index contributed by atoms with van der Waals surface area (Å²) >= 11 is 0. The van der Waals surface area contributed by atoms with Gasteiger partial charge in [-0.3, -0.25) is 10.7 Å². The van der Waals surface area contributed by atoms with E-state index in [4.69, 9.17) is 4.74 Å². The number of benzene rings is 1. The zero-order valence-electron chi connectivity index (χ0n) is 13.0. The summed E-state index contributed by atoms with van der Waals surface area (Å²) in [5, 5.41) is 9.62. The number of fused-ring (bicyclic) bond motifs is 1. The van der Waals surface area contributed by atoms with E-state index in [1.165, 1.54) is 35.1 Å². The maximum atomic E-state index is 9.62. The normalized spacial score (nSPS) is 14.0. The van der Waals surface area contributed by atoms with Crippen LogP contribution in [0.1, 0.15) is 61.8 Å². The summed E-state index contributed by atoms with van der Waals surface area (Å²) in [6.45, 7) is 4.41. The van der Waals surface area contributed by atoms with Gasteiger partial charge < -0.3 is 4.74 Å². The van der Waals surface area contributed by atoms with Crippen molar-refractivity contribution >= 4 is 5.69 Å². The Morgan fingerprint density at radius 2 is 1.60 bits per heavy atom. The standard InChI is InChI=1S/C17H27NO2/c1-4-8-12-13-10-6-7-11-15(13)17(20-3)16(18-19)14(12)9-5-2/h18-19H,4-11H2,1-3H3. The second-order valence-electron chi connectivity index (χ2n) is 5.64. The fraction of sp³-hybridized carbons (Fsp3) is 0.647. The van der Waals surface area contributed by atoms with Crippen molar-refractivity contribution in [2.45, 2.75) is 65.2 Å². The van der Waals surface area contributed by atoms with Crippen LogP contribution < -0.4 is 10.2 Å². The summed E-state index contributed by atoms with van der Waals surface area (Å²) in [6, 6.07) is 0. The van der Waals surface area contributed by atoms with Crippen molar-refractivity contribution in [3.63, 3.8) is 0 Å². The SMILES string of the molecule is CCCc1c2c(c(OC)c(NO)c1CCC)CCCC2. The number of ether oxygens (including phenoxy) is 1. The minimum absolute atomic E-state index is 0.804. The first-order valence-electron chi connectivity index (χ1n) is 7.91. The van der Waals surface area contributed by atoms with E-state index < -0.39 is 0 Å². The van der Waals surface area contributed by atoms with Crippen molar-refractivity contribution in [3.05, 3.63) is 22.3 Å². The van der Waals surface area contributed by atoms with Crippen molar-refractivity contribution in [3.8, 4) is 5.75 Å². The lowest BCUT2D eigenvalue weighted by atomic mass is 9.82. The van der Waals surface area contributed by atoms with Gasteiger partial charge in [-0.1, -0.05) is 26.7 Å². The smallest absolute Gasteiger partial charge is 0.147 e. The Morgan fingerprint density at radius 3 is 2.15 bits per heavy atom. The molecule has 0 aliphatic heterocycles. The lowest BCUT2D eigenvalue weighted by Crippen LogP contribution is -2.14. The van der Waals surface area contributed by atoms with Gasteiger partial charge in [-0.2, -0.15) is 0 Å². The number of hydrogen-bond acceptors (Lipinski definition) is 3. The van der Waals surface area contributed by atoms with Gasteiger partial charge in [0.25, 0.3) is 0 Å². The molecule has 2 N–H and O–H groups in total. The van der Waals surface area contributed by atoms with Crippen LogP contribution in [0.5, 0.6) is 5.75 Å². The summed E-state index contributed by atoms with van der Waals surface area (Å²) in [6.07, 6.45) is 9.00. The molecule has 0 bridgehead atoms. The zero-order chi connectivity index (χ0) is 14.5. The molecular formula is C17H27NO2. The molecule has 1 aromatic rings. The fourth-order valence-electron chi connectivity index (χ4n) is 3.53. The van der Waals surface area contributed by atoms with Gasteiger partial charge in [-0.05, 0) is 60.8 Å². The van der Waals surface area contributed by atoms with E-state index in [1.54, 1.807) is 7.11 Å². The van der Waals surface area contributed by atoms with Crippen LogP contribution in [-0.2, 0) is 25.7 Å².